The maximum Gasteiger partial charge on any atom is 0.374 e. The van der Waals surface area contributed by atoms with Crippen LogP contribution in [0.15, 0.2) is 36.4 Å². The fourth-order valence-corrected chi connectivity index (χ4v) is 3.44. The van der Waals surface area contributed by atoms with E-state index in [9.17, 15) is 14.4 Å². The first kappa shape index (κ1) is 17.1. The zero-order valence-electron chi connectivity index (χ0n) is 13.5. The molecule has 0 saturated carbocycles. The number of aryl methyl sites for hydroxylation is 1. The van der Waals surface area contributed by atoms with Crippen molar-refractivity contribution in [3.05, 3.63) is 53.2 Å². The van der Waals surface area contributed by atoms with E-state index in [1.54, 1.807) is 13.2 Å². The molecule has 3 N–H and O–H groups in total. The summed E-state index contributed by atoms with van der Waals surface area (Å²) < 4.78 is 16.5. The number of pyridine rings is 1. The molecule has 3 rings (SSSR count). The Morgan fingerprint density at radius 3 is 2.67 bits per heavy atom. The van der Waals surface area contributed by atoms with Crippen LogP contribution < -0.4 is 15.5 Å². The number of hydrogen-bond donors (Lipinski definition) is 3. The Bertz CT molecular complexity index is 758. The first-order valence-corrected chi connectivity index (χ1v) is 9.48. The lowest BCUT2D eigenvalue weighted by atomic mass is 9.96. The van der Waals surface area contributed by atoms with Crippen molar-refractivity contribution in [1.82, 2.24) is 10.3 Å². The lowest BCUT2D eigenvalue weighted by Crippen LogP contribution is -2.37. The monoisotopic (exact) mass is 348 g/mol. The number of nitrogens with one attached hydrogen (secondary N) is 1. The van der Waals surface area contributed by atoms with Gasteiger partial charge < -0.3 is 19.8 Å². The highest BCUT2D eigenvalue weighted by molar-refractivity contribution is 7.60. The number of methoxy groups -OCH3 is 1. The van der Waals surface area contributed by atoms with Gasteiger partial charge >= 0.3 is 7.60 Å². The fraction of sp³-hybridized carbons (Fsp3) is 0.353. The predicted octanol–water partition coefficient (Wildman–Crippen LogP) is 1.54. The summed E-state index contributed by atoms with van der Waals surface area (Å²) in [6.07, 6.45) is 2.54. The molecule has 1 aromatic carbocycles. The van der Waals surface area contributed by atoms with Gasteiger partial charge in [0.15, 0.2) is 5.44 Å². The van der Waals surface area contributed by atoms with Crippen LogP contribution in [0, 0.1) is 0 Å². The molecule has 0 fully saturated rings. The van der Waals surface area contributed by atoms with E-state index < -0.39 is 7.60 Å². The lowest BCUT2D eigenvalue weighted by molar-refractivity contribution is 0.385. The average Bonchev–Trinajstić information content (AvgIpc) is 2.59. The van der Waals surface area contributed by atoms with Crippen LogP contribution in [0.3, 0.4) is 0 Å². The van der Waals surface area contributed by atoms with E-state index in [1.807, 2.05) is 12.1 Å². The molecule has 1 aliphatic heterocycles. The minimum absolute atomic E-state index is 0.142. The molecule has 0 bridgehead atoms. The molecule has 7 heteroatoms. The van der Waals surface area contributed by atoms with Crippen molar-refractivity contribution in [3.8, 4) is 5.75 Å². The van der Waals surface area contributed by atoms with Gasteiger partial charge in [0.05, 0.1) is 7.11 Å². The Labute approximate surface area is 141 Å². The zero-order valence-corrected chi connectivity index (χ0v) is 14.4. The zero-order chi connectivity index (χ0) is 17.2. The summed E-state index contributed by atoms with van der Waals surface area (Å²) in [6.45, 7) is 0.678. The van der Waals surface area contributed by atoms with E-state index in [-0.39, 0.29) is 11.5 Å². The number of hydrogen-bond acceptors (Lipinski definition) is 4. The first-order valence-electron chi connectivity index (χ1n) is 7.87. The Kier molecular flexibility index (Phi) is 5.01. The summed E-state index contributed by atoms with van der Waals surface area (Å²) in [5, 5.41) is 3.47. The van der Waals surface area contributed by atoms with Gasteiger partial charge in [-0.15, -0.1) is 0 Å². The van der Waals surface area contributed by atoms with Crippen molar-refractivity contribution in [2.24, 2.45) is 0 Å². The van der Waals surface area contributed by atoms with Gasteiger partial charge in [-0.3, -0.25) is 4.57 Å². The van der Waals surface area contributed by atoms with Gasteiger partial charge in [-0.05, 0) is 42.2 Å². The van der Waals surface area contributed by atoms with Crippen LogP contribution in [0.2, 0.25) is 0 Å². The Morgan fingerprint density at radius 1 is 1.25 bits per heavy atom. The summed E-state index contributed by atoms with van der Waals surface area (Å²) in [5.41, 5.74) is 2.89. The lowest BCUT2D eigenvalue weighted by Gasteiger charge is -2.26. The SMILES string of the molecule is COc1ccc(CCC2Cc3nc(P(=O)(O)O)ccc3CN2)cc1. The van der Waals surface area contributed by atoms with Crippen molar-refractivity contribution in [1.29, 1.82) is 0 Å². The second kappa shape index (κ2) is 7.03. The van der Waals surface area contributed by atoms with E-state index in [0.717, 1.165) is 29.8 Å². The third kappa shape index (κ3) is 4.02. The van der Waals surface area contributed by atoms with E-state index in [2.05, 4.69) is 22.4 Å². The van der Waals surface area contributed by atoms with Crippen LogP contribution in [-0.2, 0) is 24.0 Å². The van der Waals surface area contributed by atoms with Crippen molar-refractivity contribution >= 4 is 13.0 Å². The van der Waals surface area contributed by atoms with Crippen molar-refractivity contribution in [3.63, 3.8) is 0 Å². The number of aromatic nitrogens is 1. The van der Waals surface area contributed by atoms with Gasteiger partial charge in [-0.2, -0.15) is 0 Å². The summed E-state index contributed by atoms with van der Waals surface area (Å²) >= 11 is 0. The number of ether oxygens (including phenoxy) is 1. The maximum absolute atomic E-state index is 11.4. The van der Waals surface area contributed by atoms with Gasteiger partial charge in [0.2, 0.25) is 0 Å². The van der Waals surface area contributed by atoms with Gasteiger partial charge in [-0.1, -0.05) is 18.2 Å². The van der Waals surface area contributed by atoms with Crippen molar-refractivity contribution in [2.45, 2.75) is 31.8 Å². The van der Waals surface area contributed by atoms with E-state index in [4.69, 9.17) is 4.74 Å². The van der Waals surface area contributed by atoms with E-state index in [0.29, 0.717) is 13.0 Å². The molecule has 1 aromatic heterocycles. The molecular weight excluding hydrogens is 327 g/mol. The summed E-state index contributed by atoms with van der Waals surface area (Å²) in [5.74, 6) is 0.845. The third-order valence-electron chi connectivity index (χ3n) is 4.31. The van der Waals surface area contributed by atoms with Gasteiger partial charge in [0.1, 0.15) is 5.75 Å². The molecule has 24 heavy (non-hydrogen) atoms. The van der Waals surface area contributed by atoms with Gasteiger partial charge in [-0.25, -0.2) is 4.98 Å². The van der Waals surface area contributed by atoms with E-state index in [1.165, 1.54) is 11.6 Å². The highest BCUT2D eigenvalue weighted by atomic mass is 31.2. The topological polar surface area (TPSA) is 91.7 Å². The molecule has 1 unspecified atom stereocenters. The van der Waals surface area contributed by atoms with Crippen LogP contribution in [0.25, 0.3) is 0 Å². The number of nitrogens with zero attached hydrogens (tertiary/aromatic N) is 1. The second-order valence-corrected chi connectivity index (χ2v) is 7.53. The molecule has 2 aromatic rings. The minimum Gasteiger partial charge on any atom is -0.497 e. The van der Waals surface area contributed by atoms with Crippen LogP contribution in [0.1, 0.15) is 23.2 Å². The molecule has 1 atom stereocenters. The molecular formula is C17H21N2O4P. The highest BCUT2D eigenvalue weighted by Crippen LogP contribution is 2.32. The number of benzene rings is 1. The Morgan fingerprint density at radius 2 is 2.00 bits per heavy atom. The van der Waals surface area contributed by atoms with Crippen LogP contribution in [0.5, 0.6) is 5.75 Å². The fourth-order valence-electron chi connectivity index (χ4n) is 2.92. The molecule has 128 valence electrons. The maximum atomic E-state index is 11.4. The average molecular weight is 348 g/mol. The normalized spacial score (nSPS) is 17.4. The highest BCUT2D eigenvalue weighted by Gasteiger charge is 2.24. The standard InChI is InChI=1S/C17H21N2O4P/c1-23-15-7-3-12(4-8-15)2-6-14-10-16-13(11-18-14)5-9-17(19-16)24(20,21)22/h3-5,7-9,14,18H,2,6,10-11H2,1H3,(H2,20,21,22). The summed E-state index contributed by atoms with van der Waals surface area (Å²) in [4.78, 5) is 22.7. The second-order valence-electron chi connectivity index (χ2n) is 5.99. The number of rotatable bonds is 5. The molecule has 0 spiro atoms. The molecule has 0 saturated heterocycles. The molecule has 6 nitrogen and oxygen atoms in total. The molecule has 0 aliphatic carbocycles. The smallest absolute Gasteiger partial charge is 0.374 e. The summed E-state index contributed by atoms with van der Waals surface area (Å²) in [6, 6.07) is 11.4. The number of fused-ring (bicyclic) bond motifs is 1. The van der Waals surface area contributed by atoms with E-state index >= 15 is 0 Å². The van der Waals surface area contributed by atoms with Crippen molar-refractivity contribution < 1.29 is 19.1 Å². The quantitative estimate of drug-likeness (QED) is 0.710. The Hall–Kier alpha value is -1.72. The molecule has 2 heterocycles. The third-order valence-corrected chi connectivity index (χ3v) is 5.16. The molecule has 0 amide bonds. The largest absolute Gasteiger partial charge is 0.497 e. The van der Waals surface area contributed by atoms with Crippen LogP contribution in [-0.4, -0.2) is 27.9 Å². The van der Waals surface area contributed by atoms with Gasteiger partial charge in [0, 0.05) is 24.7 Å². The first-order chi connectivity index (χ1) is 11.5. The molecule has 1 aliphatic rings. The Balaban J connectivity index is 1.64. The molecule has 0 radical (unpaired) electrons. The van der Waals surface area contributed by atoms with Crippen LogP contribution >= 0.6 is 7.60 Å². The predicted molar refractivity (Wildman–Crippen MR) is 91.6 cm³/mol. The summed E-state index contributed by atoms with van der Waals surface area (Å²) in [7, 11) is -2.65. The minimum atomic E-state index is -4.30. The van der Waals surface area contributed by atoms with Crippen LogP contribution in [0.4, 0.5) is 0 Å². The van der Waals surface area contributed by atoms with Crippen molar-refractivity contribution in [2.75, 3.05) is 7.11 Å². The van der Waals surface area contributed by atoms with Gasteiger partial charge in [0.25, 0.3) is 0 Å².